The van der Waals surface area contributed by atoms with E-state index in [0.717, 1.165) is 19.3 Å². The summed E-state index contributed by atoms with van der Waals surface area (Å²) in [5.74, 6) is 0.417. The number of thiophene rings is 1. The monoisotopic (exact) mass is 196 g/mol. The average molecular weight is 196 g/mol. The van der Waals surface area contributed by atoms with E-state index in [2.05, 4.69) is 25.3 Å². The Balaban J connectivity index is 2.39. The largest absolute Gasteiger partial charge is 0.385 e. The maximum atomic E-state index is 10.5. The van der Waals surface area contributed by atoms with E-state index in [1.807, 2.05) is 0 Å². The average Bonchev–Trinajstić information content (AvgIpc) is 2.62. The van der Waals surface area contributed by atoms with Gasteiger partial charge in [-0.25, -0.2) is 0 Å². The molecule has 1 N–H and O–H groups in total. The van der Waals surface area contributed by atoms with Crippen LogP contribution in [-0.4, -0.2) is 5.11 Å². The molecule has 2 unspecified atom stereocenters. The molecule has 0 radical (unpaired) electrons. The van der Waals surface area contributed by atoms with Crippen molar-refractivity contribution in [3.63, 3.8) is 0 Å². The summed E-state index contributed by atoms with van der Waals surface area (Å²) in [6.07, 6.45) is 3.25. The van der Waals surface area contributed by atoms with Gasteiger partial charge in [0.05, 0.1) is 5.60 Å². The fraction of sp³-hybridized carbons (Fsp3) is 0.636. The molecule has 0 amide bonds. The zero-order valence-electron chi connectivity index (χ0n) is 8.21. The van der Waals surface area contributed by atoms with Crippen LogP contribution in [0.1, 0.15) is 36.6 Å². The number of aryl methyl sites for hydroxylation is 1. The maximum absolute atomic E-state index is 10.5. The van der Waals surface area contributed by atoms with Gasteiger partial charge in [0, 0.05) is 4.88 Å². The molecule has 1 nitrogen and oxygen atoms in total. The molecule has 2 rings (SSSR count). The molecule has 0 bridgehead atoms. The summed E-state index contributed by atoms with van der Waals surface area (Å²) >= 11 is 1.73. The van der Waals surface area contributed by atoms with Gasteiger partial charge in [0.15, 0.2) is 0 Å². The van der Waals surface area contributed by atoms with Gasteiger partial charge < -0.3 is 5.11 Å². The zero-order valence-corrected chi connectivity index (χ0v) is 9.03. The SMILES string of the molecule is Cc1sccc1C1(O)CCCC1C. The van der Waals surface area contributed by atoms with Crippen molar-refractivity contribution >= 4 is 11.3 Å². The molecule has 1 heterocycles. The van der Waals surface area contributed by atoms with Crippen LogP contribution in [0.15, 0.2) is 11.4 Å². The first-order chi connectivity index (χ1) is 6.14. The van der Waals surface area contributed by atoms with Crippen LogP contribution < -0.4 is 0 Å². The minimum absolute atomic E-state index is 0.417. The van der Waals surface area contributed by atoms with Crippen molar-refractivity contribution in [1.29, 1.82) is 0 Å². The molecule has 1 saturated carbocycles. The number of hydrogen-bond acceptors (Lipinski definition) is 2. The lowest BCUT2D eigenvalue weighted by Crippen LogP contribution is -2.28. The lowest BCUT2D eigenvalue weighted by atomic mass is 9.85. The van der Waals surface area contributed by atoms with Gasteiger partial charge in [-0.05, 0) is 49.1 Å². The Bertz CT molecular complexity index is 305. The predicted octanol–water partition coefficient (Wildman–Crippen LogP) is 3.06. The summed E-state index contributed by atoms with van der Waals surface area (Å²) in [6, 6.07) is 2.09. The van der Waals surface area contributed by atoms with Gasteiger partial charge in [-0.1, -0.05) is 6.92 Å². The summed E-state index contributed by atoms with van der Waals surface area (Å²) in [6.45, 7) is 4.26. The third-order valence-electron chi connectivity index (χ3n) is 3.34. The van der Waals surface area contributed by atoms with Crippen LogP contribution in [0.3, 0.4) is 0 Å². The third kappa shape index (κ3) is 1.32. The van der Waals surface area contributed by atoms with E-state index in [0.29, 0.717) is 5.92 Å². The van der Waals surface area contributed by atoms with Crippen LogP contribution in [-0.2, 0) is 5.60 Å². The molecule has 1 aliphatic rings. The van der Waals surface area contributed by atoms with E-state index in [1.54, 1.807) is 11.3 Å². The van der Waals surface area contributed by atoms with E-state index in [4.69, 9.17) is 0 Å². The van der Waals surface area contributed by atoms with Gasteiger partial charge >= 0.3 is 0 Å². The molecule has 72 valence electrons. The highest BCUT2D eigenvalue weighted by Crippen LogP contribution is 2.45. The standard InChI is InChI=1S/C11H16OS/c1-8-4-3-6-11(8,12)10-5-7-13-9(10)2/h5,7-8,12H,3-4,6H2,1-2H3. The van der Waals surface area contributed by atoms with E-state index in [-0.39, 0.29) is 0 Å². The van der Waals surface area contributed by atoms with Crippen molar-refractivity contribution in [2.45, 2.75) is 38.7 Å². The molecule has 1 fully saturated rings. The van der Waals surface area contributed by atoms with E-state index < -0.39 is 5.60 Å². The molecular weight excluding hydrogens is 180 g/mol. The summed E-state index contributed by atoms with van der Waals surface area (Å²) in [7, 11) is 0. The normalized spacial score (nSPS) is 33.9. The van der Waals surface area contributed by atoms with Gasteiger partial charge in [0.25, 0.3) is 0 Å². The second-order valence-corrected chi connectivity index (χ2v) is 5.23. The van der Waals surface area contributed by atoms with Crippen LogP contribution in [0, 0.1) is 12.8 Å². The Kier molecular flexibility index (Phi) is 2.20. The van der Waals surface area contributed by atoms with Gasteiger partial charge in [0.1, 0.15) is 0 Å². The van der Waals surface area contributed by atoms with Crippen molar-refractivity contribution in [3.05, 3.63) is 21.9 Å². The lowest BCUT2D eigenvalue weighted by molar-refractivity contribution is 0.00438. The lowest BCUT2D eigenvalue weighted by Gasteiger charge is -2.28. The summed E-state index contributed by atoms with van der Waals surface area (Å²) in [5, 5.41) is 12.6. The quantitative estimate of drug-likeness (QED) is 0.732. The fourth-order valence-corrected chi connectivity index (χ4v) is 3.18. The Morgan fingerprint density at radius 1 is 1.62 bits per heavy atom. The minimum atomic E-state index is -0.524. The molecule has 1 aliphatic carbocycles. The van der Waals surface area contributed by atoms with E-state index >= 15 is 0 Å². The first-order valence-electron chi connectivity index (χ1n) is 4.91. The number of rotatable bonds is 1. The smallest absolute Gasteiger partial charge is 0.0932 e. The second kappa shape index (κ2) is 3.10. The van der Waals surface area contributed by atoms with Gasteiger partial charge in [0.2, 0.25) is 0 Å². The highest BCUT2D eigenvalue weighted by molar-refractivity contribution is 7.10. The molecule has 1 aromatic heterocycles. The topological polar surface area (TPSA) is 20.2 Å². The van der Waals surface area contributed by atoms with Gasteiger partial charge in [-0.2, -0.15) is 0 Å². The minimum Gasteiger partial charge on any atom is -0.385 e. The van der Waals surface area contributed by atoms with E-state index in [1.165, 1.54) is 10.4 Å². The Morgan fingerprint density at radius 2 is 2.38 bits per heavy atom. The van der Waals surface area contributed by atoms with Crippen molar-refractivity contribution in [3.8, 4) is 0 Å². The molecule has 0 saturated heterocycles. The number of aliphatic hydroxyl groups is 1. The van der Waals surface area contributed by atoms with Crippen LogP contribution in [0.2, 0.25) is 0 Å². The highest BCUT2D eigenvalue weighted by atomic mass is 32.1. The molecule has 13 heavy (non-hydrogen) atoms. The maximum Gasteiger partial charge on any atom is 0.0932 e. The van der Waals surface area contributed by atoms with Crippen molar-refractivity contribution in [1.82, 2.24) is 0 Å². The highest BCUT2D eigenvalue weighted by Gasteiger charge is 2.40. The second-order valence-electron chi connectivity index (χ2n) is 4.11. The van der Waals surface area contributed by atoms with E-state index in [9.17, 15) is 5.11 Å². The van der Waals surface area contributed by atoms with Crippen LogP contribution in [0.4, 0.5) is 0 Å². The van der Waals surface area contributed by atoms with Crippen LogP contribution >= 0.6 is 11.3 Å². The van der Waals surface area contributed by atoms with Crippen molar-refractivity contribution in [2.75, 3.05) is 0 Å². The molecule has 2 atom stereocenters. The Hall–Kier alpha value is -0.340. The van der Waals surface area contributed by atoms with Crippen molar-refractivity contribution in [2.24, 2.45) is 5.92 Å². The summed E-state index contributed by atoms with van der Waals surface area (Å²) in [4.78, 5) is 1.27. The molecular formula is C11H16OS. The third-order valence-corrected chi connectivity index (χ3v) is 4.18. The first kappa shape index (κ1) is 9.22. The predicted molar refractivity (Wildman–Crippen MR) is 56.0 cm³/mol. The molecule has 2 heteroatoms. The molecule has 1 aromatic rings. The molecule has 0 aromatic carbocycles. The summed E-state index contributed by atoms with van der Waals surface area (Å²) < 4.78 is 0. The Labute approximate surface area is 83.4 Å². The zero-order chi connectivity index (χ0) is 9.47. The molecule has 0 spiro atoms. The summed E-state index contributed by atoms with van der Waals surface area (Å²) in [5.41, 5.74) is 0.645. The fourth-order valence-electron chi connectivity index (χ4n) is 2.40. The Morgan fingerprint density at radius 3 is 2.85 bits per heavy atom. The first-order valence-corrected chi connectivity index (χ1v) is 5.79. The molecule has 0 aliphatic heterocycles. The van der Waals surface area contributed by atoms with Crippen LogP contribution in [0.25, 0.3) is 0 Å². The number of hydrogen-bond donors (Lipinski definition) is 1. The van der Waals surface area contributed by atoms with Crippen molar-refractivity contribution < 1.29 is 5.11 Å². The van der Waals surface area contributed by atoms with Gasteiger partial charge in [-0.15, -0.1) is 11.3 Å². The van der Waals surface area contributed by atoms with Crippen LogP contribution in [0.5, 0.6) is 0 Å². The van der Waals surface area contributed by atoms with Gasteiger partial charge in [-0.3, -0.25) is 0 Å².